The van der Waals surface area contributed by atoms with Gasteiger partial charge < -0.3 is 10.6 Å². The van der Waals surface area contributed by atoms with E-state index in [4.69, 9.17) is 5.73 Å². The molecule has 1 atom stereocenters. The van der Waals surface area contributed by atoms with Crippen molar-refractivity contribution in [2.45, 2.75) is 46.7 Å². The molecule has 0 heterocycles. The molecule has 0 unspecified atom stereocenters. The van der Waals surface area contributed by atoms with Crippen LogP contribution in [0.25, 0.3) is 0 Å². The van der Waals surface area contributed by atoms with Crippen LogP contribution in [0.1, 0.15) is 34.6 Å². The smallest absolute Gasteiger partial charge is 0.240 e. The topological polar surface area (TPSA) is 63.4 Å². The number of amides is 2. The van der Waals surface area contributed by atoms with Crippen LogP contribution in [-0.4, -0.2) is 28.8 Å². The van der Waals surface area contributed by atoms with E-state index in [2.05, 4.69) is 0 Å². The molecule has 0 aliphatic carbocycles. The average molecular weight is 200 g/mol. The molecule has 0 fully saturated rings. The largest absolute Gasteiger partial charge is 0.368 e. The summed E-state index contributed by atoms with van der Waals surface area (Å²) in [6.07, 6.45) is 0. The predicted octanol–water partition coefficient (Wildman–Crippen LogP) is 0.753. The van der Waals surface area contributed by atoms with Crippen LogP contribution in [0.4, 0.5) is 0 Å². The third kappa shape index (κ3) is 3.01. The van der Waals surface area contributed by atoms with Crippen molar-refractivity contribution in [1.29, 1.82) is 0 Å². The summed E-state index contributed by atoms with van der Waals surface area (Å²) in [5, 5.41) is 0. The van der Waals surface area contributed by atoms with E-state index in [0.717, 1.165) is 0 Å². The van der Waals surface area contributed by atoms with E-state index in [1.165, 1.54) is 11.8 Å². The molecule has 0 spiro atoms. The van der Waals surface area contributed by atoms with Crippen molar-refractivity contribution < 1.29 is 9.59 Å². The minimum atomic E-state index is -0.507. The fourth-order valence-electron chi connectivity index (χ4n) is 1.67. The van der Waals surface area contributed by atoms with Crippen LogP contribution < -0.4 is 5.73 Å². The second kappa shape index (κ2) is 4.98. The number of carbonyl (C=O) groups is 2. The molecule has 0 aromatic rings. The SMILES string of the molecule is CC(=O)N(C(C)C)[C@H](C(N)=O)C(C)C. The average Bonchev–Trinajstić information content (AvgIpc) is 1.96. The first-order valence-electron chi connectivity index (χ1n) is 4.87. The number of nitrogens with two attached hydrogens (primary N) is 1. The Bertz CT molecular complexity index is 200. The lowest BCUT2D eigenvalue weighted by molar-refractivity contribution is -0.141. The Morgan fingerprint density at radius 1 is 1.14 bits per heavy atom. The van der Waals surface area contributed by atoms with E-state index in [-0.39, 0.29) is 17.9 Å². The highest BCUT2D eigenvalue weighted by molar-refractivity contribution is 5.86. The molecule has 2 N–H and O–H groups in total. The van der Waals surface area contributed by atoms with Gasteiger partial charge in [0.05, 0.1) is 0 Å². The van der Waals surface area contributed by atoms with Gasteiger partial charge in [-0.05, 0) is 19.8 Å². The van der Waals surface area contributed by atoms with Gasteiger partial charge >= 0.3 is 0 Å². The maximum Gasteiger partial charge on any atom is 0.240 e. The molecular weight excluding hydrogens is 180 g/mol. The number of carbonyl (C=O) groups excluding carboxylic acids is 2. The Hall–Kier alpha value is -1.06. The van der Waals surface area contributed by atoms with Crippen LogP contribution in [0.5, 0.6) is 0 Å². The van der Waals surface area contributed by atoms with Crippen molar-refractivity contribution in [3.05, 3.63) is 0 Å². The lowest BCUT2D eigenvalue weighted by Crippen LogP contribution is -2.52. The van der Waals surface area contributed by atoms with Crippen molar-refractivity contribution in [3.63, 3.8) is 0 Å². The van der Waals surface area contributed by atoms with Crippen molar-refractivity contribution in [2.75, 3.05) is 0 Å². The van der Waals surface area contributed by atoms with Gasteiger partial charge in [-0.3, -0.25) is 9.59 Å². The molecule has 4 heteroatoms. The Morgan fingerprint density at radius 2 is 1.57 bits per heavy atom. The first-order valence-corrected chi connectivity index (χ1v) is 4.87. The van der Waals surface area contributed by atoms with Crippen molar-refractivity contribution in [1.82, 2.24) is 4.90 Å². The van der Waals surface area contributed by atoms with Crippen LogP contribution in [0.2, 0.25) is 0 Å². The van der Waals surface area contributed by atoms with Gasteiger partial charge in [0.1, 0.15) is 6.04 Å². The Balaban J connectivity index is 4.93. The predicted molar refractivity (Wildman–Crippen MR) is 55.5 cm³/mol. The highest BCUT2D eigenvalue weighted by Crippen LogP contribution is 2.14. The molecule has 0 saturated carbocycles. The lowest BCUT2D eigenvalue weighted by atomic mass is 10.0. The second-order valence-electron chi connectivity index (χ2n) is 4.11. The van der Waals surface area contributed by atoms with Gasteiger partial charge in [-0.25, -0.2) is 0 Å². The van der Waals surface area contributed by atoms with Crippen molar-refractivity contribution in [3.8, 4) is 0 Å². The molecule has 4 nitrogen and oxygen atoms in total. The van der Waals surface area contributed by atoms with Gasteiger partial charge in [-0.1, -0.05) is 13.8 Å². The summed E-state index contributed by atoms with van der Waals surface area (Å²) in [7, 11) is 0. The zero-order chi connectivity index (χ0) is 11.5. The monoisotopic (exact) mass is 200 g/mol. The fourth-order valence-corrected chi connectivity index (χ4v) is 1.67. The van der Waals surface area contributed by atoms with Crippen LogP contribution in [0.3, 0.4) is 0 Å². The molecule has 14 heavy (non-hydrogen) atoms. The van der Waals surface area contributed by atoms with Gasteiger partial charge in [-0.2, -0.15) is 0 Å². The Labute approximate surface area is 85.4 Å². The lowest BCUT2D eigenvalue weighted by Gasteiger charge is -2.34. The summed E-state index contributed by atoms with van der Waals surface area (Å²) >= 11 is 0. The highest BCUT2D eigenvalue weighted by Gasteiger charge is 2.30. The molecular formula is C10H20N2O2. The molecule has 0 aromatic carbocycles. The normalized spacial score (nSPS) is 13.1. The summed E-state index contributed by atoms with van der Waals surface area (Å²) in [5.74, 6) is -0.514. The fraction of sp³-hybridized carbons (Fsp3) is 0.800. The number of rotatable bonds is 4. The molecule has 2 amide bonds. The summed E-state index contributed by atoms with van der Waals surface area (Å²) in [5.41, 5.74) is 5.28. The van der Waals surface area contributed by atoms with Crippen molar-refractivity contribution >= 4 is 11.8 Å². The molecule has 0 saturated heterocycles. The van der Waals surface area contributed by atoms with E-state index in [1.54, 1.807) is 0 Å². The first-order chi connectivity index (χ1) is 6.29. The van der Waals surface area contributed by atoms with Gasteiger partial charge in [0, 0.05) is 13.0 Å². The number of nitrogens with zero attached hydrogens (tertiary/aromatic N) is 1. The van der Waals surface area contributed by atoms with E-state index in [1.807, 2.05) is 27.7 Å². The molecule has 0 aliphatic heterocycles. The van der Waals surface area contributed by atoms with Crippen LogP contribution in [0.15, 0.2) is 0 Å². The number of hydrogen-bond donors (Lipinski definition) is 1. The van der Waals surface area contributed by atoms with Gasteiger partial charge in [0.15, 0.2) is 0 Å². The van der Waals surface area contributed by atoms with Crippen LogP contribution >= 0.6 is 0 Å². The molecule has 0 radical (unpaired) electrons. The maximum atomic E-state index is 11.4. The van der Waals surface area contributed by atoms with Crippen LogP contribution in [-0.2, 0) is 9.59 Å². The van der Waals surface area contributed by atoms with Crippen molar-refractivity contribution in [2.24, 2.45) is 11.7 Å². The third-order valence-electron chi connectivity index (χ3n) is 2.14. The second-order valence-corrected chi connectivity index (χ2v) is 4.11. The Kier molecular flexibility index (Phi) is 4.60. The zero-order valence-corrected chi connectivity index (χ0v) is 9.57. The summed E-state index contributed by atoms with van der Waals surface area (Å²) in [4.78, 5) is 24.1. The quantitative estimate of drug-likeness (QED) is 0.728. The van der Waals surface area contributed by atoms with E-state index < -0.39 is 11.9 Å². The minimum Gasteiger partial charge on any atom is -0.368 e. The van der Waals surface area contributed by atoms with E-state index >= 15 is 0 Å². The van der Waals surface area contributed by atoms with E-state index in [9.17, 15) is 9.59 Å². The third-order valence-corrected chi connectivity index (χ3v) is 2.14. The highest BCUT2D eigenvalue weighted by atomic mass is 16.2. The summed E-state index contributed by atoms with van der Waals surface area (Å²) < 4.78 is 0. The number of primary amides is 1. The molecule has 82 valence electrons. The maximum absolute atomic E-state index is 11.4. The first kappa shape index (κ1) is 12.9. The minimum absolute atomic E-state index is 0.00704. The molecule has 0 rings (SSSR count). The van der Waals surface area contributed by atoms with Gasteiger partial charge in [0.2, 0.25) is 11.8 Å². The Morgan fingerprint density at radius 3 is 1.64 bits per heavy atom. The zero-order valence-electron chi connectivity index (χ0n) is 9.57. The summed E-state index contributed by atoms with van der Waals surface area (Å²) in [6.45, 7) is 8.97. The summed E-state index contributed by atoms with van der Waals surface area (Å²) in [6, 6.07) is -0.514. The van der Waals surface area contributed by atoms with Gasteiger partial charge in [-0.15, -0.1) is 0 Å². The standard InChI is InChI=1S/C10H20N2O2/c1-6(2)9(10(11)14)12(7(3)4)8(5)13/h6-7,9H,1-5H3,(H2,11,14)/t9-/m0/s1. The van der Waals surface area contributed by atoms with Gasteiger partial charge in [0.25, 0.3) is 0 Å². The number of hydrogen-bond acceptors (Lipinski definition) is 2. The molecule has 0 aliphatic rings. The molecule has 0 bridgehead atoms. The van der Waals surface area contributed by atoms with Crippen LogP contribution in [0, 0.1) is 5.92 Å². The molecule has 0 aromatic heterocycles. The van der Waals surface area contributed by atoms with E-state index in [0.29, 0.717) is 0 Å².